The Balaban J connectivity index is 1.53. The van der Waals surface area contributed by atoms with E-state index in [-0.39, 0.29) is 5.41 Å². The molecule has 5 aromatic carbocycles. The number of nitrogens with zero attached hydrogens (tertiary/aromatic N) is 2. The van der Waals surface area contributed by atoms with E-state index in [9.17, 15) is 0 Å². The highest BCUT2D eigenvalue weighted by Gasteiger charge is 2.23. The van der Waals surface area contributed by atoms with E-state index in [1.807, 2.05) is 11.3 Å². The van der Waals surface area contributed by atoms with Crippen molar-refractivity contribution in [3.63, 3.8) is 0 Å². The van der Waals surface area contributed by atoms with E-state index in [0.717, 1.165) is 29.0 Å². The van der Waals surface area contributed by atoms with Crippen molar-refractivity contribution >= 4 is 32.5 Å². The van der Waals surface area contributed by atoms with Gasteiger partial charge in [0.05, 0.1) is 16.7 Å². The van der Waals surface area contributed by atoms with E-state index in [4.69, 9.17) is 4.98 Å². The molecular weight excluding hydrogens is 516 g/mol. The van der Waals surface area contributed by atoms with Crippen molar-refractivity contribution in [3.8, 4) is 39.3 Å². The molecule has 0 fully saturated rings. The largest absolute Gasteiger partial charge is 0.291 e. The van der Waals surface area contributed by atoms with Crippen molar-refractivity contribution in [1.82, 2.24) is 9.55 Å². The summed E-state index contributed by atoms with van der Waals surface area (Å²) >= 11 is 1.81. The molecule has 0 N–H and O–H groups in total. The molecule has 0 aliphatic carbocycles. The number of imidazole rings is 1. The molecular formula is C38H32N2S. The van der Waals surface area contributed by atoms with Crippen LogP contribution >= 0.6 is 11.3 Å². The molecule has 0 radical (unpaired) electrons. The van der Waals surface area contributed by atoms with Gasteiger partial charge in [-0.05, 0) is 46.7 Å². The van der Waals surface area contributed by atoms with Crippen LogP contribution < -0.4 is 0 Å². The third-order valence-electron chi connectivity index (χ3n) is 7.61. The number of thiophene rings is 1. The van der Waals surface area contributed by atoms with Crippen molar-refractivity contribution in [3.05, 3.63) is 132 Å². The first kappa shape index (κ1) is 25.5. The lowest BCUT2D eigenvalue weighted by molar-refractivity contribution is 0.411. The maximum Gasteiger partial charge on any atom is 0.147 e. The second-order valence-corrected chi connectivity index (χ2v) is 12.8. The molecule has 0 saturated carbocycles. The predicted molar refractivity (Wildman–Crippen MR) is 176 cm³/mol. The van der Waals surface area contributed by atoms with Crippen LogP contribution in [0.1, 0.15) is 26.3 Å². The van der Waals surface area contributed by atoms with Gasteiger partial charge in [-0.3, -0.25) is 4.57 Å². The summed E-state index contributed by atoms with van der Waals surface area (Å²) in [5.41, 5.74) is 10.8. The first-order valence-corrected chi connectivity index (χ1v) is 15.1. The zero-order valence-corrected chi connectivity index (χ0v) is 24.5. The molecule has 0 aliphatic heterocycles. The summed E-state index contributed by atoms with van der Waals surface area (Å²) in [7, 11) is 0. The van der Waals surface area contributed by atoms with Crippen molar-refractivity contribution < 1.29 is 0 Å². The fraction of sp³-hybridized carbons (Fsp3) is 0.132. The van der Waals surface area contributed by atoms with Gasteiger partial charge in [0.25, 0.3) is 0 Å². The smallest absolute Gasteiger partial charge is 0.147 e. The van der Waals surface area contributed by atoms with E-state index >= 15 is 0 Å². The molecule has 0 saturated heterocycles. The number of para-hydroxylation sites is 3. The molecule has 0 atom stereocenters. The van der Waals surface area contributed by atoms with Gasteiger partial charge in [0.15, 0.2) is 0 Å². The van der Waals surface area contributed by atoms with Crippen molar-refractivity contribution in [2.75, 3.05) is 0 Å². The second-order valence-electron chi connectivity index (χ2n) is 11.9. The SMILES string of the molecule is CC(C)(C)Cc1ccc2c(-c3nc4ccccc4n3-c3c(-c4ccccc4)cccc3-c3ccccc3)csc2c1. The summed E-state index contributed by atoms with van der Waals surface area (Å²) in [6, 6.07) is 43.5. The van der Waals surface area contributed by atoms with Crippen LogP contribution in [0.25, 0.3) is 60.4 Å². The van der Waals surface area contributed by atoms with Crippen LogP contribution in [0.3, 0.4) is 0 Å². The van der Waals surface area contributed by atoms with Crippen molar-refractivity contribution in [1.29, 1.82) is 0 Å². The number of benzene rings is 5. The van der Waals surface area contributed by atoms with Crippen LogP contribution in [-0.4, -0.2) is 9.55 Å². The Labute approximate surface area is 245 Å². The molecule has 0 bridgehead atoms. The predicted octanol–water partition coefficient (Wildman–Crippen LogP) is 10.8. The molecule has 3 heteroatoms. The Morgan fingerprint density at radius 1 is 0.659 bits per heavy atom. The highest BCUT2D eigenvalue weighted by Crippen LogP contribution is 2.42. The summed E-state index contributed by atoms with van der Waals surface area (Å²) in [5, 5.41) is 3.54. The van der Waals surface area contributed by atoms with Gasteiger partial charge in [-0.15, -0.1) is 11.3 Å². The van der Waals surface area contributed by atoms with Crippen LogP contribution in [-0.2, 0) is 6.42 Å². The molecule has 0 spiro atoms. The normalized spacial score (nSPS) is 11.9. The lowest BCUT2D eigenvalue weighted by Gasteiger charge is -2.20. The Kier molecular flexibility index (Phi) is 6.33. The van der Waals surface area contributed by atoms with E-state index < -0.39 is 0 Å². The summed E-state index contributed by atoms with van der Waals surface area (Å²) in [6.07, 6.45) is 1.06. The fourth-order valence-electron chi connectivity index (χ4n) is 5.89. The Bertz CT molecular complexity index is 1930. The number of hydrogen-bond donors (Lipinski definition) is 0. The van der Waals surface area contributed by atoms with Gasteiger partial charge in [0.2, 0.25) is 0 Å². The molecule has 0 unspecified atom stereocenters. The standard InChI is InChI=1S/C38H32N2S/c1-38(2,3)24-26-21-22-31-32(25-41-35(31)23-26)37-39-33-19-10-11-20-34(33)40(37)36-29(27-13-6-4-7-14-27)17-12-18-30(36)28-15-8-5-9-16-28/h4-23,25H,24H2,1-3H3. The summed E-state index contributed by atoms with van der Waals surface area (Å²) in [5.74, 6) is 0.974. The van der Waals surface area contributed by atoms with E-state index in [1.165, 1.54) is 43.5 Å². The number of fused-ring (bicyclic) bond motifs is 2. The van der Waals surface area contributed by atoms with Crippen LogP contribution in [0.2, 0.25) is 0 Å². The molecule has 7 rings (SSSR count). The van der Waals surface area contributed by atoms with E-state index in [0.29, 0.717) is 0 Å². The average molecular weight is 549 g/mol. The van der Waals surface area contributed by atoms with E-state index in [1.54, 1.807) is 0 Å². The number of hydrogen-bond acceptors (Lipinski definition) is 2. The van der Waals surface area contributed by atoms with Gasteiger partial charge in [-0.2, -0.15) is 0 Å². The van der Waals surface area contributed by atoms with Gasteiger partial charge in [-0.1, -0.05) is 124 Å². The summed E-state index contributed by atoms with van der Waals surface area (Å²) < 4.78 is 3.70. The van der Waals surface area contributed by atoms with Crippen molar-refractivity contribution in [2.24, 2.45) is 5.41 Å². The minimum Gasteiger partial charge on any atom is -0.291 e. The maximum atomic E-state index is 5.30. The highest BCUT2D eigenvalue weighted by molar-refractivity contribution is 7.17. The molecule has 200 valence electrons. The zero-order valence-electron chi connectivity index (χ0n) is 23.6. The molecule has 7 aromatic rings. The monoisotopic (exact) mass is 548 g/mol. The van der Waals surface area contributed by atoms with E-state index in [2.05, 4.69) is 152 Å². The van der Waals surface area contributed by atoms with Crippen molar-refractivity contribution in [2.45, 2.75) is 27.2 Å². The Hall–Kier alpha value is -4.47. The maximum absolute atomic E-state index is 5.30. The van der Waals surface area contributed by atoms with Gasteiger partial charge in [0, 0.05) is 32.2 Å². The van der Waals surface area contributed by atoms with Gasteiger partial charge >= 0.3 is 0 Å². The lowest BCUT2D eigenvalue weighted by Crippen LogP contribution is -2.08. The molecule has 2 aromatic heterocycles. The average Bonchev–Trinajstić information content (AvgIpc) is 3.58. The first-order chi connectivity index (χ1) is 20.0. The number of rotatable bonds is 5. The molecule has 0 amide bonds. The highest BCUT2D eigenvalue weighted by atomic mass is 32.1. The zero-order chi connectivity index (χ0) is 28.0. The molecule has 2 heterocycles. The van der Waals surface area contributed by atoms with Gasteiger partial charge < -0.3 is 0 Å². The van der Waals surface area contributed by atoms with Crippen LogP contribution in [0.4, 0.5) is 0 Å². The minimum absolute atomic E-state index is 0.247. The Morgan fingerprint density at radius 3 is 1.95 bits per heavy atom. The summed E-state index contributed by atoms with van der Waals surface area (Å²) in [6.45, 7) is 6.90. The van der Waals surface area contributed by atoms with Gasteiger partial charge in [0.1, 0.15) is 5.82 Å². The first-order valence-electron chi connectivity index (χ1n) is 14.2. The van der Waals surface area contributed by atoms with Crippen LogP contribution in [0.15, 0.2) is 127 Å². The topological polar surface area (TPSA) is 17.8 Å². The lowest BCUT2D eigenvalue weighted by atomic mass is 9.88. The fourth-order valence-corrected chi connectivity index (χ4v) is 6.89. The third-order valence-corrected chi connectivity index (χ3v) is 8.55. The van der Waals surface area contributed by atoms with Crippen LogP contribution in [0, 0.1) is 5.41 Å². The molecule has 41 heavy (non-hydrogen) atoms. The number of aromatic nitrogens is 2. The molecule has 0 aliphatic rings. The van der Waals surface area contributed by atoms with Gasteiger partial charge in [-0.25, -0.2) is 4.98 Å². The quantitative estimate of drug-likeness (QED) is 0.209. The van der Waals surface area contributed by atoms with Crippen LogP contribution in [0.5, 0.6) is 0 Å². The summed E-state index contributed by atoms with van der Waals surface area (Å²) in [4.78, 5) is 5.30. The second kappa shape index (κ2) is 10.2. The third kappa shape index (κ3) is 4.77. The molecule has 2 nitrogen and oxygen atoms in total. The Morgan fingerprint density at radius 2 is 1.29 bits per heavy atom. The minimum atomic E-state index is 0.247.